The number of ether oxygens (including phenoxy) is 3. The number of anilines is 1. The molecule has 0 aliphatic carbocycles. The Kier molecular flexibility index (Phi) is 6.18. The first kappa shape index (κ1) is 14.5. The van der Waals surface area contributed by atoms with Gasteiger partial charge in [-0.2, -0.15) is 0 Å². The molecule has 0 bridgehead atoms. The summed E-state index contributed by atoms with van der Waals surface area (Å²) in [6, 6.07) is 5.04. The molecule has 1 aromatic carbocycles. The fourth-order valence-electron chi connectivity index (χ4n) is 1.39. The van der Waals surface area contributed by atoms with Crippen LogP contribution in [-0.2, 0) is 9.47 Å². The predicted octanol–water partition coefficient (Wildman–Crippen LogP) is 1.51. The molecule has 100 valence electrons. The Bertz CT molecular complexity index is 393. The Hall–Kier alpha value is -1.59. The zero-order valence-corrected chi connectivity index (χ0v) is 10.8. The standard InChI is InChI=1S/C13H19NO4/c1-10(15)12-9-11(3-4-13(12)14)18-8-7-17-6-5-16-2/h3-4,9H,5-8,14H2,1-2H3. The molecule has 0 saturated heterocycles. The van der Waals surface area contributed by atoms with Crippen LogP contribution in [-0.4, -0.2) is 39.3 Å². The number of ketones is 1. The molecule has 0 amide bonds. The van der Waals surface area contributed by atoms with Crippen LogP contribution >= 0.6 is 0 Å². The molecule has 0 aliphatic rings. The van der Waals surface area contributed by atoms with E-state index in [9.17, 15) is 4.79 Å². The van der Waals surface area contributed by atoms with E-state index in [1.807, 2.05) is 0 Å². The lowest BCUT2D eigenvalue weighted by Crippen LogP contribution is -2.10. The van der Waals surface area contributed by atoms with Gasteiger partial charge < -0.3 is 19.9 Å². The van der Waals surface area contributed by atoms with Crippen molar-refractivity contribution in [3.63, 3.8) is 0 Å². The SMILES string of the molecule is COCCOCCOc1ccc(N)c(C(C)=O)c1. The molecule has 0 radical (unpaired) electrons. The average molecular weight is 253 g/mol. The Balaban J connectivity index is 2.38. The summed E-state index contributed by atoms with van der Waals surface area (Å²) in [5, 5.41) is 0. The molecule has 0 unspecified atom stereocenters. The Morgan fingerprint density at radius 3 is 2.61 bits per heavy atom. The molecular weight excluding hydrogens is 234 g/mol. The first-order valence-electron chi connectivity index (χ1n) is 5.75. The van der Waals surface area contributed by atoms with Crippen molar-refractivity contribution in [2.45, 2.75) is 6.92 Å². The number of carbonyl (C=O) groups excluding carboxylic acids is 1. The van der Waals surface area contributed by atoms with Crippen LogP contribution in [0.25, 0.3) is 0 Å². The summed E-state index contributed by atoms with van der Waals surface area (Å²) >= 11 is 0. The second-order valence-corrected chi connectivity index (χ2v) is 3.76. The van der Waals surface area contributed by atoms with Crippen LogP contribution in [0.5, 0.6) is 5.75 Å². The normalized spacial score (nSPS) is 10.3. The molecule has 0 spiro atoms. The average Bonchev–Trinajstić information content (AvgIpc) is 2.35. The van der Waals surface area contributed by atoms with Crippen LogP contribution in [0.2, 0.25) is 0 Å². The van der Waals surface area contributed by atoms with E-state index >= 15 is 0 Å². The van der Waals surface area contributed by atoms with Crippen LogP contribution in [0.15, 0.2) is 18.2 Å². The van der Waals surface area contributed by atoms with Gasteiger partial charge in [0.05, 0.1) is 19.8 Å². The number of nitrogen functional groups attached to an aromatic ring is 1. The van der Waals surface area contributed by atoms with Crippen molar-refractivity contribution < 1.29 is 19.0 Å². The maximum atomic E-state index is 11.3. The molecule has 0 fully saturated rings. The van der Waals surface area contributed by atoms with Crippen LogP contribution in [0.3, 0.4) is 0 Å². The van der Waals surface area contributed by atoms with Crippen LogP contribution in [0.4, 0.5) is 5.69 Å². The van der Waals surface area contributed by atoms with E-state index in [1.54, 1.807) is 25.3 Å². The highest BCUT2D eigenvalue weighted by Crippen LogP contribution is 2.20. The number of Topliss-reactive ketones (excluding diaryl/α,β-unsaturated/α-hetero) is 1. The number of nitrogens with two attached hydrogens (primary N) is 1. The van der Waals surface area contributed by atoms with E-state index in [1.165, 1.54) is 6.92 Å². The van der Waals surface area contributed by atoms with Crippen molar-refractivity contribution in [2.24, 2.45) is 0 Å². The lowest BCUT2D eigenvalue weighted by atomic mass is 10.1. The second-order valence-electron chi connectivity index (χ2n) is 3.76. The van der Waals surface area contributed by atoms with Gasteiger partial charge in [-0.25, -0.2) is 0 Å². The molecule has 18 heavy (non-hydrogen) atoms. The number of hydrogen-bond acceptors (Lipinski definition) is 5. The monoisotopic (exact) mass is 253 g/mol. The zero-order valence-electron chi connectivity index (χ0n) is 10.8. The van der Waals surface area contributed by atoms with Gasteiger partial charge in [-0.15, -0.1) is 0 Å². The molecule has 0 atom stereocenters. The summed E-state index contributed by atoms with van der Waals surface area (Å²) < 4.78 is 15.6. The van der Waals surface area contributed by atoms with Crippen molar-refractivity contribution in [2.75, 3.05) is 39.3 Å². The van der Waals surface area contributed by atoms with Crippen molar-refractivity contribution in [1.29, 1.82) is 0 Å². The molecule has 2 N–H and O–H groups in total. The number of methoxy groups -OCH3 is 1. The fourth-order valence-corrected chi connectivity index (χ4v) is 1.39. The van der Waals surface area contributed by atoms with Gasteiger partial charge in [-0.3, -0.25) is 4.79 Å². The van der Waals surface area contributed by atoms with E-state index < -0.39 is 0 Å². The van der Waals surface area contributed by atoms with Crippen LogP contribution < -0.4 is 10.5 Å². The molecular formula is C13H19NO4. The van der Waals surface area contributed by atoms with Gasteiger partial charge in [0.2, 0.25) is 0 Å². The highest BCUT2D eigenvalue weighted by Gasteiger charge is 2.06. The third-order valence-electron chi connectivity index (χ3n) is 2.33. The molecule has 5 nitrogen and oxygen atoms in total. The van der Waals surface area contributed by atoms with Crippen molar-refractivity contribution >= 4 is 11.5 Å². The fraction of sp³-hybridized carbons (Fsp3) is 0.462. The van der Waals surface area contributed by atoms with Crippen LogP contribution in [0, 0.1) is 0 Å². The predicted molar refractivity (Wildman–Crippen MR) is 69.0 cm³/mol. The highest BCUT2D eigenvalue weighted by atomic mass is 16.5. The third kappa shape index (κ3) is 4.73. The van der Waals surface area contributed by atoms with Crippen molar-refractivity contribution in [3.05, 3.63) is 23.8 Å². The van der Waals surface area contributed by atoms with E-state index in [0.29, 0.717) is 43.4 Å². The highest BCUT2D eigenvalue weighted by molar-refractivity contribution is 5.99. The number of rotatable bonds is 8. The minimum Gasteiger partial charge on any atom is -0.491 e. The lowest BCUT2D eigenvalue weighted by molar-refractivity contribution is 0.0544. The number of benzene rings is 1. The van der Waals surface area contributed by atoms with E-state index in [-0.39, 0.29) is 5.78 Å². The van der Waals surface area contributed by atoms with Crippen LogP contribution in [0.1, 0.15) is 17.3 Å². The Labute approximate surface area is 107 Å². The molecule has 0 saturated carbocycles. The maximum absolute atomic E-state index is 11.3. The minimum absolute atomic E-state index is 0.0747. The summed E-state index contributed by atoms with van der Waals surface area (Å²) in [4.78, 5) is 11.3. The van der Waals surface area contributed by atoms with Crippen molar-refractivity contribution in [3.8, 4) is 5.75 Å². The van der Waals surface area contributed by atoms with Gasteiger partial charge in [-0.05, 0) is 25.1 Å². The largest absolute Gasteiger partial charge is 0.491 e. The van der Waals surface area contributed by atoms with E-state index in [2.05, 4.69) is 0 Å². The van der Waals surface area contributed by atoms with E-state index in [4.69, 9.17) is 19.9 Å². The summed E-state index contributed by atoms with van der Waals surface area (Å²) in [6.07, 6.45) is 0. The summed E-state index contributed by atoms with van der Waals surface area (Å²) in [5.41, 5.74) is 6.63. The number of hydrogen-bond donors (Lipinski definition) is 1. The molecule has 5 heteroatoms. The van der Waals surface area contributed by atoms with Crippen molar-refractivity contribution in [1.82, 2.24) is 0 Å². The topological polar surface area (TPSA) is 70.8 Å². The lowest BCUT2D eigenvalue weighted by Gasteiger charge is -2.09. The van der Waals surface area contributed by atoms with Gasteiger partial charge in [-0.1, -0.05) is 0 Å². The van der Waals surface area contributed by atoms with Gasteiger partial charge in [0.15, 0.2) is 5.78 Å². The first-order chi connectivity index (χ1) is 8.65. The molecule has 1 aromatic rings. The third-order valence-corrected chi connectivity index (χ3v) is 2.33. The number of carbonyl (C=O) groups is 1. The molecule has 0 aromatic heterocycles. The minimum atomic E-state index is -0.0747. The molecule has 1 rings (SSSR count). The molecule has 0 heterocycles. The van der Waals surface area contributed by atoms with Gasteiger partial charge >= 0.3 is 0 Å². The van der Waals surface area contributed by atoms with E-state index in [0.717, 1.165) is 0 Å². The Morgan fingerprint density at radius 1 is 1.22 bits per heavy atom. The maximum Gasteiger partial charge on any atom is 0.162 e. The Morgan fingerprint density at radius 2 is 1.94 bits per heavy atom. The quantitative estimate of drug-likeness (QED) is 0.432. The van der Waals surface area contributed by atoms with Gasteiger partial charge in [0.25, 0.3) is 0 Å². The summed E-state index contributed by atoms with van der Waals surface area (Å²) in [5.74, 6) is 0.541. The molecule has 0 aliphatic heterocycles. The first-order valence-corrected chi connectivity index (χ1v) is 5.75. The summed E-state index contributed by atoms with van der Waals surface area (Å²) in [7, 11) is 1.62. The van der Waals surface area contributed by atoms with Gasteiger partial charge in [0.1, 0.15) is 12.4 Å². The summed E-state index contributed by atoms with van der Waals surface area (Å²) in [6.45, 7) is 3.48. The smallest absolute Gasteiger partial charge is 0.162 e. The second kappa shape index (κ2) is 7.68. The van der Waals surface area contributed by atoms with Gasteiger partial charge in [0, 0.05) is 18.4 Å². The zero-order chi connectivity index (χ0) is 13.4.